The van der Waals surface area contributed by atoms with E-state index < -0.39 is 0 Å². The predicted molar refractivity (Wildman–Crippen MR) is 95.1 cm³/mol. The number of hydrogen-bond acceptors (Lipinski definition) is 5. The van der Waals surface area contributed by atoms with Gasteiger partial charge in [-0.05, 0) is 18.6 Å². The Hall–Kier alpha value is -1.92. The van der Waals surface area contributed by atoms with Gasteiger partial charge in [-0.15, -0.1) is 11.3 Å². The van der Waals surface area contributed by atoms with Crippen LogP contribution in [-0.2, 0) is 22.7 Å². The van der Waals surface area contributed by atoms with Gasteiger partial charge in [0.05, 0.1) is 12.2 Å². The van der Waals surface area contributed by atoms with Crippen molar-refractivity contribution in [2.24, 2.45) is 0 Å². The van der Waals surface area contributed by atoms with Gasteiger partial charge in [0.25, 0.3) is 0 Å². The molecular formula is C18H24N2O3S. The molecule has 2 rings (SSSR count). The highest BCUT2D eigenvalue weighted by molar-refractivity contribution is 7.09. The summed E-state index contributed by atoms with van der Waals surface area (Å²) in [4.78, 5) is 18.5. The second-order valence-electron chi connectivity index (χ2n) is 5.35. The van der Waals surface area contributed by atoms with Crippen LogP contribution >= 0.6 is 11.3 Å². The standard InChI is InChI=1S/C18H24N2O3S/c1-3-18(21)20(10-7-11-22-2)12-15-14-24-17(19-15)13-23-16-8-5-4-6-9-16/h4-6,8-9,14H,3,7,10-13H2,1-2H3. The molecule has 0 spiro atoms. The lowest BCUT2D eigenvalue weighted by Gasteiger charge is -2.21. The number of methoxy groups -OCH3 is 1. The maximum absolute atomic E-state index is 12.1. The van der Waals surface area contributed by atoms with E-state index in [0.29, 0.717) is 32.7 Å². The van der Waals surface area contributed by atoms with Crippen LogP contribution in [0.4, 0.5) is 0 Å². The van der Waals surface area contributed by atoms with Crippen molar-refractivity contribution in [1.82, 2.24) is 9.88 Å². The molecule has 1 heterocycles. The number of benzene rings is 1. The molecule has 0 N–H and O–H groups in total. The average Bonchev–Trinajstić information content (AvgIpc) is 3.07. The Bertz CT molecular complexity index is 616. The number of nitrogens with zero attached hydrogens (tertiary/aromatic N) is 2. The molecule has 1 amide bonds. The summed E-state index contributed by atoms with van der Waals surface area (Å²) >= 11 is 1.56. The van der Waals surface area contributed by atoms with Crippen LogP contribution in [0.15, 0.2) is 35.7 Å². The van der Waals surface area contributed by atoms with Crippen molar-refractivity contribution in [3.63, 3.8) is 0 Å². The molecule has 0 fully saturated rings. The Labute approximate surface area is 147 Å². The highest BCUT2D eigenvalue weighted by Gasteiger charge is 2.14. The van der Waals surface area contributed by atoms with Crippen LogP contribution < -0.4 is 4.74 Å². The maximum Gasteiger partial charge on any atom is 0.222 e. The zero-order valence-electron chi connectivity index (χ0n) is 14.2. The lowest BCUT2D eigenvalue weighted by molar-refractivity contribution is -0.131. The number of rotatable bonds is 10. The van der Waals surface area contributed by atoms with Gasteiger partial charge in [-0.2, -0.15) is 0 Å². The third kappa shape index (κ3) is 5.94. The van der Waals surface area contributed by atoms with E-state index in [4.69, 9.17) is 9.47 Å². The summed E-state index contributed by atoms with van der Waals surface area (Å²) in [7, 11) is 1.67. The number of aromatic nitrogens is 1. The minimum absolute atomic E-state index is 0.140. The van der Waals surface area contributed by atoms with E-state index in [-0.39, 0.29) is 5.91 Å². The van der Waals surface area contributed by atoms with Crippen molar-refractivity contribution >= 4 is 17.2 Å². The zero-order valence-corrected chi connectivity index (χ0v) is 15.1. The Morgan fingerprint density at radius 2 is 2.08 bits per heavy atom. The molecule has 1 aromatic carbocycles. The van der Waals surface area contributed by atoms with E-state index in [0.717, 1.165) is 22.9 Å². The van der Waals surface area contributed by atoms with E-state index in [2.05, 4.69) is 4.98 Å². The first-order valence-corrected chi connectivity index (χ1v) is 8.98. The average molecular weight is 348 g/mol. The maximum atomic E-state index is 12.1. The Morgan fingerprint density at radius 1 is 1.29 bits per heavy atom. The van der Waals surface area contributed by atoms with Gasteiger partial charge in [-0.1, -0.05) is 25.1 Å². The fourth-order valence-corrected chi connectivity index (χ4v) is 2.96. The molecule has 0 aliphatic rings. The van der Waals surface area contributed by atoms with Crippen LogP contribution in [0.5, 0.6) is 5.75 Å². The van der Waals surface area contributed by atoms with E-state index >= 15 is 0 Å². The number of carbonyl (C=O) groups excluding carboxylic acids is 1. The van der Waals surface area contributed by atoms with Crippen LogP contribution in [0.2, 0.25) is 0 Å². The van der Waals surface area contributed by atoms with Gasteiger partial charge in [0.15, 0.2) is 0 Å². The molecule has 24 heavy (non-hydrogen) atoms. The Morgan fingerprint density at radius 3 is 2.79 bits per heavy atom. The second-order valence-corrected chi connectivity index (χ2v) is 6.29. The number of para-hydroxylation sites is 1. The van der Waals surface area contributed by atoms with Gasteiger partial charge >= 0.3 is 0 Å². The summed E-state index contributed by atoms with van der Waals surface area (Å²) in [5.74, 6) is 0.970. The Balaban J connectivity index is 1.89. The number of ether oxygens (including phenoxy) is 2. The molecule has 0 aliphatic carbocycles. The topological polar surface area (TPSA) is 51.7 Å². The van der Waals surface area contributed by atoms with Gasteiger partial charge in [0, 0.05) is 32.1 Å². The molecule has 6 heteroatoms. The van der Waals surface area contributed by atoms with Gasteiger partial charge in [-0.25, -0.2) is 4.98 Å². The largest absolute Gasteiger partial charge is 0.486 e. The predicted octanol–water partition coefficient (Wildman–Crippen LogP) is 3.50. The highest BCUT2D eigenvalue weighted by atomic mass is 32.1. The summed E-state index contributed by atoms with van der Waals surface area (Å²) in [6, 6.07) is 9.68. The van der Waals surface area contributed by atoms with Crippen molar-refractivity contribution in [3.8, 4) is 5.75 Å². The molecule has 0 bridgehead atoms. The summed E-state index contributed by atoms with van der Waals surface area (Å²) in [6.07, 6.45) is 1.33. The summed E-state index contributed by atoms with van der Waals surface area (Å²) in [5.41, 5.74) is 0.908. The van der Waals surface area contributed by atoms with Gasteiger partial charge in [-0.3, -0.25) is 4.79 Å². The van der Waals surface area contributed by atoms with E-state index in [1.807, 2.05) is 47.5 Å². The molecule has 0 aliphatic heterocycles. The second kappa shape index (κ2) is 10.1. The van der Waals surface area contributed by atoms with Crippen molar-refractivity contribution < 1.29 is 14.3 Å². The minimum atomic E-state index is 0.140. The number of carbonyl (C=O) groups is 1. The number of thiazole rings is 1. The van der Waals surface area contributed by atoms with Crippen molar-refractivity contribution in [2.75, 3.05) is 20.3 Å². The molecule has 0 unspecified atom stereocenters. The molecule has 0 atom stereocenters. The molecular weight excluding hydrogens is 324 g/mol. The molecule has 5 nitrogen and oxygen atoms in total. The SMILES string of the molecule is CCC(=O)N(CCCOC)Cc1csc(COc2ccccc2)n1. The molecule has 0 radical (unpaired) electrons. The van der Waals surface area contributed by atoms with Gasteiger partial charge in [0.1, 0.15) is 17.4 Å². The zero-order chi connectivity index (χ0) is 17.2. The lowest BCUT2D eigenvalue weighted by atomic mass is 10.3. The fourth-order valence-electron chi connectivity index (χ4n) is 2.26. The van der Waals surface area contributed by atoms with E-state index in [1.165, 1.54) is 0 Å². The number of amides is 1. The van der Waals surface area contributed by atoms with E-state index in [9.17, 15) is 4.79 Å². The summed E-state index contributed by atoms with van der Waals surface area (Å²) in [5, 5.41) is 2.91. The summed E-state index contributed by atoms with van der Waals surface area (Å²) < 4.78 is 10.8. The monoisotopic (exact) mass is 348 g/mol. The third-order valence-electron chi connectivity index (χ3n) is 3.49. The van der Waals surface area contributed by atoms with Crippen molar-refractivity contribution in [2.45, 2.75) is 32.9 Å². The molecule has 130 valence electrons. The van der Waals surface area contributed by atoms with E-state index in [1.54, 1.807) is 18.4 Å². The third-order valence-corrected chi connectivity index (χ3v) is 4.36. The quantitative estimate of drug-likeness (QED) is 0.617. The first-order chi connectivity index (χ1) is 11.7. The summed E-state index contributed by atoms with van der Waals surface area (Å²) in [6.45, 7) is 4.21. The molecule has 0 saturated heterocycles. The van der Waals surface area contributed by atoms with Crippen LogP contribution in [0.1, 0.15) is 30.5 Å². The smallest absolute Gasteiger partial charge is 0.222 e. The minimum Gasteiger partial charge on any atom is -0.486 e. The number of hydrogen-bond donors (Lipinski definition) is 0. The molecule has 2 aromatic rings. The highest BCUT2D eigenvalue weighted by Crippen LogP contribution is 2.16. The Kier molecular flexibility index (Phi) is 7.71. The van der Waals surface area contributed by atoms with Crippen molar-refractivity contribution in [1.29, 1.82) is 0 Å². The first kappa shape index (κ1) is 18.4. The molecule has 0 saturated carbocycles. The van der Waals surface area contributed by atoms with Crippen LogP contribution in [-0.4, -0.2) is 36.1 Å². The molecule has 1 aromatic heterocycles. The normalized spacial score (nSPS) is 10.6. The lowest BCUT2D eigenvalue weighted by Crippen LogP contribution is -2.31. The van der Waals surface area contributed by atoms with Crippen LogP contribution in [0.25, 0.3) is 0 Å². The first-order valence-electron chi connectivity index (χ1n) is 8.10. The van der Waals surface area contributed by atoms with Crippen molar-refractivity contribution in [3.05, 3.63) is 46.4 Å². The van der Waals surface area contributed by atoms with Crippen LogP contribution in [0.3, 0.4) is 0 Å². The fraction of sp³-hybridized carbons (Fsp3) is 0.444. The van der Waals surface area contributed by atoms with Gasteiger partial charge < -0.3 is 14.4 Å². The van der Waals surface area contributed by atoms with Gasteiger partial charge in [0.2, 0.25) is 5.91 Å². The van der Waals surface area contributed by atoms with Crippen LogP contribution in [0, 0.1) is 0 Å².